The number of carbonyl (C=O) groups is 2. The molecule has 2 amide bonds. The quantitative estimate of drug-likeness (QED) is 0.267. The van der Waals surface area contributed by atoms with Crippen molar-refractivity contribution in [3.63, 3.8) is 0 Å². The molecule has 1 aromatic heterocycles. The maximum atomic E-state index is 16.2. The van der Waals surface area contributed by atoms with Crippen LogP contribution in [-0.2, 0) is 16.9 Å². The van der Waals surface area contributed by atoms with Gasteiger partial charge in [0.1, 0.15) is 17.2 Å². The molecule has 1 spiro atoms. The van der Waals surface area contributed by atoms with E-state index in [0.29, 0.717) is 39.8 Å². The van der Waals surface area contributed by atoms with Crippen LogP contribution < -0.4 is 10.6 Å². The Morgan fingerprint density at radius 2 is 1.95 bits per heavy atom. The molecule has 2 fully saturated rings. The molecule has 1 saturated heterocycles. The van der Waals surface area contributed by atoms with Crippen LogP contribution in [0.25, 0.3) is 11.0 Å². The molecule has 43 heavy (non-hydrogen) atoms. The van der Waals surface area contributed by atoms with Gasteiger partial charge >= 0.3 is 0 Å². The molecule has 8 rings (SSSR count). The minimum atomic E-state index is -1.18. The van der Waals surface area contributed by atoms with Gasteiger partial charge in [-0.1, -0.05) is 48.8 Å². The van der Waals surface area contributed by atoms with Gasteiger partial charge in [-0.25, -0.2) is 9.37 Å². The number of halogens is 3. The number of fused-ring (bicyclic) bond motifs is 7. The van der Waals surface area contributed by atoms with Gasteiger partial charge in [-0.3, -0.25) is 14.5 Å². The highest BCUT2D eigenvalue weighted by Crippen LogP contribution is 2.64. The molecule has 0 radical (unpaired) electrons. The van der Waals surface area contributed by atoms with Gasteiger partial charge in [-0.15, -0.1) is 0 Å². The van der Waals surface area contributed by atoms with Crippen molar-refractivity contribution in [2.24, 2.45) is 5.92 Å². The molecule has 4 aromatic rings. The van der Waals surface area contributed by atoms with Gasteiger partial charge in [0, 0.05) is 59.9 Å². The maximum absolute atomic E-state index is 16.2. The number of nitrogens with zero attached hydrogens (tertiary/aromatic N) is 3. The van der Waals surface area contributed by atoms with Crippen LogP contribution in [0.1, 0.15) is 65.8 Å². The van der Waals surface area contributed by atoms with E-state index in [1.54, 1.807) is 49.5 Å². The minimum Gasteiger partial charge on any atom is -0.355 e. The van der Waals surface area contributed by atoms with E-state index < -0.39 is 17.3 Å². The first-order valence-electron chi connectivity index (χ1n) is 14.4. The number of nitrogens with one attached hydrogen (secondary N) is 2. The second kappa shape index (κ2) is 10.0. The Labute approximate surface area is 259 Å². The number of amides is 2. The summed E-state index contributed by atoms with van der Waals surface area (Å²) in [5.41, 5.74) is 2.83. The predicted octanol–water partition coefficient (Wildman–Crippen LogP) is 6.69. The molecule has 4 heterocycles. The fraction of sp³-hybridized carbons (Fsp3) is 0.364. The van der Waals surface area contributed by atoms with E-state index in [-0.39, 0.29) is 36.2 Å². The molecule has 7 nitrogen and oxygen atoms in total. The number of aryl methyl sites for hydroxylation is 1. The molecule has 3 aliphatic heterocycles. The van der Waals surface area contributed by atoms with Crippen molar-refractivity contribution >= 4 is 51.7 Å². The molecular weight excluding hydrogens is 588 g/mol. The number of imidazole rings is 1. The Kier molecular flexibility index (Phi) is 6.61. The monoisotopic (exact) mass is 619 g/mol. The van der Waals surface area contributed by atoms with Gasteiger partial charge in [0.05, 0.1) is 16.1 Å². The lowest BCUT2D eigenvalue weighted by atomic mass is 9.70. The molecule has 222 valence electrons. The van der Waals surface area contributed by atoms with Gasteiger partial charge in [0.15, 0.2) is 0 Å². The summed E-state index contributed by atoms with van der Waals surface area (Å²) < 4.78 is 18.4. The number of hydrogen-bond donors (Lipinski definition) is 2. The lowest BCUT2D eigenvalue weighted by Gasteiger charge is -2.40. The van der Waals surface area contributed by atoms with Crippen LogP contribution in [0, 0.1) is 11.7 Å². The van der Waals surface area contributed by atoms with E-state index in [1.165, 1.54) is 0 Å². The van der Waals surface area contributed by atoms with Gasteiger partial charge < -0.3 is 15.2 Å². The minimum absolute atomic E-state index is 0. The first kappa shape index (κ1) is 28.3. The second-order valence-corrected chi connectivity index (χ2v) is 12.8. The normalized spacial score (nSPS) is 25.7. The number of carbonyl (C=O) groups excluding carboxylic acids is 2. The summed E-state index contributed by atoms with van der Waals surface area (Å²) in [6.45, 7) is 1.43. The number of aromatic nitrogens is 2. The van der Waals surface area contributed by atoms with Crippen LogP contribution in [0.3, 0.4) is 0 Å². The highest BCUT2D eigenvalue weighted by molar-refractivity contribution is 6.31. The molecular formula is C33H32Cl2FN5O2. The number of likely N-dealkylation sites (tertiary alicyclic amines) is 1. The lowest BCUT2D eigenvalue weighted by molar-refractivity contribution is -0.128. The third-order valence-electron chi connectivity index (χ3n) is 9.75. The van der Waals surface area contributed by atoms with E-state index in [2.05, 4.69) is 20.1 Å². The van der Waals surface area contributed by atoms with Gasteiger partial charge in [-0.05, 0) is 67.1 Å². The average molecular weight is 621 g/mol. The second-order valence-electron chi connectivity index (χ2n) is 11.9. The molecule has 3 aromatic carbocycles. The molecule has 4 aliphatic rings. The van der Waals surface area contributed by atoms with Crippen LogP contribution in [0.5, 0.6) is 0 Å². The highest BCUT2D eigenvalue weighted by Gasteiger charge is 2.69. The van der Waals surface area contributed by atoms with E-state index in [4.69, 9.17) is 28.2 Å². The molecule has 0 unspecified atom stereocenters. The van der Waals surface area contributed by atoms with E-state index in [9.17, 15) is 9.59 Å². The van der Waals surface area contributed by atoms with Crippen molar-refractivity contribution in [2.45, 2.75) is 56.7 Å². The Bertz CT molecular complexity index is 1820. The Balaban J connectivity index is 0.00000300. The summed E-state index contributed by atoms with van der Waals surface area (Å²) in [4.78, 5) is 34.4. The first-order chi connectivity index (χ1) is 20.3. The largest absolute Gasteiger partial charge is 0.355 e. The highest BCUT2D eigenvalue weighted by atomic mass is 35.5. The fourth-order valence-corrected chi connectivity index (χ4v) is 8.23. The van der Waals surface area contributed by atoms with Gasteiger partial charge in [-0.2, -0.15) is 0 Å². The number of hydrogen-bond acceptors (Lipinski definition) is 4. The summed E-state index contributed by atoms with van der Waals surface area (Å²) >= 11 is 12.8. The van der Waals surface area contributed by atoms with Crippen LogP contribution in [0.15, 0.2) is 54.6 Å². The standard InChI is InChI=1S/C32H28Cl2FN5O2.CH4/c1-36-30(41)17-7-10-24-23(13-17)37-29-26-25(11-12-39(24)29)40(15-16-5-6-16)32(27(26)19-3-2-4-21(34)28(19)35)20-9-8-18(33)14-22(20)38-31(32)42;/h2-4,7-10,13-14,16,25-27H,5-6,11-12,15H2,1H3,(H,36,41)(H,38,42);1H4/t25-,26+,27-,32+;/m0./s1. The summed E-state index contributed by atoms with van der Waals surface area (Å²) in [5, 5.41) is 6.35. The fourth-order valence-electron chi connectivity index (χ4n) is 7.88. The van der Waals surface area contributed by atoms with Crippen molar-refractivity contribution in [1.29, 1.82) is 0 Å². The van der Waals surface area contributed by atoms with Crippen LogP contribution in [0.4, 0.5) is 10.1 Å². The van der Waals surface area contributed by atoms with Crippen LogP contribution in [-0.4, -0.2) is 45.9 Å². The Hall–Kier alpha value is -3.46. The first-order valence-corrected chi connectivity index (χ1v) is 15.1. The third kappa shape index (κ3) is 3.92. The number of benzene rings is 3. The number of rotatable bonds is 4. The van der Waals surface area contributed by atoms with Crippen molar-refractivity contribution in [3.8, 4) is 0 Å². The zero-order valence-electron chi connectivity index (χ0n) is 22.8. The summed E-state index contributed by atoms with van der Waals surface area (Å²) in [6, 6.07) is 16.0. The number of anilines is 1. The smallest absolute Gasteiger partial charge is 0.251 e. The predicted molar refractivity (Wildman–Crippen MR) is 166 cm³/mol. The van der Waals surface area contributed by atoms with Crippen molar-refractivity contribution in [2.75, 3.05) is 18.9 Å². The zero-order valence-corrected chi connectivity index (χ0v) is 24.3. The van der Waals surface area contributed by atoms with E-state index in [0.717, 1.165) is 42.7 Å². The molecule has 10 heteroatoms. The SMILES string of the molecule is C.CNC(=O)c1ccc2c(c1)nc1n2CC[C@H]2[C@@H]1[C@H](c1cccc(Cl)c1F)[C@]1(C(=O)Nc3cc(Cl)ccc31)N2CC1CC1. The van der Waals surface area contributed by atoms with Gasteiger partial charge in [0.2, 0.25) is 5.91 Å². The van der Waals surface area contributed by atoms with Gasteiger partial charge in [0.25, 0.3) is 5.91 Å². The lowest BCUT2D eigenvalue weighted by Crippen LogP contribution is -2.53. The Morgan fingerprint density at radius 1 is 1.14 bits per heavy atom. The van der Waals surface area contributed by atoms with Crippen LogP contribution in [0.2, 0.25) is 10.0 Å². The topological polar surface area (TPSA) is 79.3 Å². The third-order valence-corrected chi connectivity index (χ3v) is 10.3. The summed E-state index contributed by atoms with van der Waals surface area (Å²) in [6.07, 6.45) is 2.98. The maximum Gasteiger partial charge on any atom is 0.251 e. The Morgan fingerprint density at radius 3 is 2.72 bits per heavy atom. The molecule has 4 atom stereocenters. The van der Waals surface area contributed by atoms with E-state index in [1.807, 2.05) is 12.1 Å². The summed E-state index contributed by atoms with van der Waals surface area (Å²) in [7, 11) is 1.60. The molecule has 1 saturated carbocycles. The molecule has 1 aliphatic carbocycles. The van der Waals surface area contributed by atoms with Crippen molar-refractivity contribution < 1.29 is 14.0 Å². The van der Waals surface area contributed by atoms with Crippen molar-refractivity contribution in [1.82, 2.24) is 19.8 Å². The van der Waals surface area contributed by atoms with Crippen LogP contribution >= 0.6 is 23.2 Å². The van der Waals surface area contributed by atoms with Crippen molar-refractivity contribution in [3.05, 3.63) is 93.0 Å². The van der Waals surface area contributed by atoms with E-state index >= 15 is 4.39 Å². The summed E-state index contributed by atoms with van der Waals surface area (Å²) in [5.74, 6) is -0.527. The average Bonchev–Trinajstić information content (AvgIpc) is 3.57. The zero-order chi connectivity index (χ0) is 28.9. The molecule has 0 bridgehead atoms. The molecule has 2 N–H and O–H groups in total.